The van der Waals surface area contributed by atoms with E-state index < -0.39 is 0 Å². The van der Waals surface area contributed by atoms with Gasteiger partial charge in [-0.05, 0) is 84.4 Å². The third-order valence-corrected chi connectivity index (χ3v) is 11.4. The van der Waals surface area contributed by atoms with Crippen LogP contribution < -0.4 is 0 Å². The van der Waals surface area contributed by atoms with Crippen LogP contribution in [0.3, 0.4) is 0 Å². The Hall–Kier alpha value is -5.96. The second-order valence-corrected chi connectivity index (χ2v) is 13.8. The summed E-state index contributed by atoms with van der Waals surface area (Å²) in [6.07, 6.45) is 0. The van der Waals surface area contributed by atoms with E-state index >= 15 is 0 Å². The van der Waals surface area contributed by atoms with Gasteiger partial charge >= 0.3 is 0 Å². The topological polar surface area (TPSA) is 13.1 Å². The van der Waals surface area contributed by atoms with Crippen molar-refractivity contribution in [3.63, 3.8) is 0 Å². The van der Waals surface area contributed by atoms with E-state index in [0.717, 1.165) is 27.5 Å². The van der Waals surface area contributed by atoms with Crippen LogP contribution in [0.15, 0.2) is 162 Å². The highest BCUT2D eigenvalue weighted by molar-refractivity contribution is 7.26. The van der Waals surface area contributed by atoms with Gasteiger partial charge in [-0.1, -0.05) is 133 Å². The second kappa shape index (κ2) is 9.78. The smallest absolute Gasteiger partial charge is 0.143 e. The van der Waals surface area contributed by atoms with E-state index in [1.54, 1.807) is 0 Å². The fourth-order valence-electron chi connectivity index (χ4n) is 8.28. The van der Waals surface area contributed by atoms with Gasteiger partial charge < -0.3 is 4.42 Å². The molecule has 0 unspecified atom stereocenters. The molecule has 0 saturated heterocycles. The normalized spacial score (nSPS) is 12.2. The second-order valence-electron chi connectivity index (χ2n) is 12.7. The van der Waals surface area contributed by atoms with E-state index in [0.29, 0.717) is 0 Å². The summed E-state index contributed by atoms with van der Waals surface area (Å²) < 4.78 is 9.27. The lowest BCUT2D eigenvalue weighted by atomic mass is 9.82. The molecule has 48 heavy (non-hydrogen) atoms. The van der Waals surface area contributed by atoms with Crippen molar-refractivity contribution >= 4 is 85.8 Å². The zero-order chi connectivity index (χ0) is 31.3. The summed E-state index contributed by atoms with van der Waals surface area (Å²) in [4.78, 5) is 0. The minimum atomic E-state index is 0.915. The van der Waals surface area contributed by atoms with Crippen LogP contribution in [0.2, 0.25) is 0 Å². The van der Waals surface area contributed by atoms with Gasteiger partial charge in [0.2, 0.25) is 0 Å². The molecule has 2 heteroatoms. The number of para-hydroxylation sites is 2. The molecule has 2 heterocycles. The molecule has 0 fully saturated rings. The Balaban J connectivity index is 1.27. The number of hydrogen-bond donors (Lipinski definition) is 0. The average molecular weight is 627 g/mol. The Morgan fingerprint density at radius 2 is 0.875 bits per heavy atom. The summed E-state index contributed by atoms with van der Waals surface area (Å²) in [6.45, 7) is 0. The third-order valence-electron chi connectivity index (χ3n) is 10.2. The van der Waals surface area contributed by atoms with Crippen LogP contribution in [-0.2, 0) is 0 Å². The maximum absolute atomic E-state index is 6.57. The molecular weight excluding hydrogens is 601 g/mol. The van der Waals surface area contributed by atoms with Gasteiger partial charge in [0.05, 0.1) is 0 Å². The molecule has 0 aliphatic carbocycles. The Morgan fingerprint density at radius 1 is 0.354 bits per heavy atom. The fourth-order valence-corrected chi connectivity index (χ4v) is 9.45. The molecule has 0 bridgehead atoms. The summed E-state index contributed by atoms with van der Waals surface area (Å²) in [5.41, 5.74) is 9.16. The Bertz CT molecular complexity index is 3010. The van der Waals surface area contributed by atoms with E-state index in [1.807, 2.05) is 17.4 Å². The largest absolute Gasteiger partial charge is 0.455 e. The van der Waals surface area contributed by atoms with Gasteiger partial charge in [-0.2, -0.15) is 0 Å². The fraction of sp³-hybridized carbons (Fsp3) is 0. The van der Waals surface area contributed by atoms with Gasteiger partial charge in [0.25, 0.3) is 0 Å². The van der Waals surface area contributed by atoms with Crippen LogP contribution in [0.4, 0.5) is 0 Å². The maximum Gasteiger partial charge on any atom is 0.143 e. The van der Waals surface area contributed by atoms with Gasteiger partial charge in [0, 0.05) is 36.5 Å². The maximum atomic E-state index is 6.57. The van der Waals surface area contributed by atoms with Crippen molar-refractivity contribution in [3.05, 3.63) is 158 Å². The van der Waals surface area contributed by atoms with Crippen molar-refractivity contribution < 1.29 is 4.42 Å². The SMILES string of the molecule is c1ccc(-c2cccc3c2oc2ccccc23)c(-c2c3ccccc3c(-c3cc4cccc5sc6cccc3c6c45)c3ccccc23)c1. The zero-order valence-electron chi connectivity index (χ0n) is 25.8. The van der Waals surface area contributed by atoms with Gasteiger partial charge in [0.15, 0.2) is 0 Å². The number of hydrogen-bond acceptors (Lipinski definition) is 2. The first-order valence-electron chi connectivity index (χ1n) is 16.4. The summed E-state index contributed by atoms with van der Waals surface area (Å²) >= 11 is 1.89. The average Bonchev–Trinajstić information content (AvgIpc) is 3.72. The molecular formula is C46H26OS. The van der Waals surface area contributed by atoms with Crippen molar-refractivity contribution in [1.29, 1.82) is 0 Å². The number of benzene rings is 9. The Labute approximate surface area is 280 Å². The van der Waals surface area contributed by atoms with Crippen LogP contribution in [0, 0.1) is 0 Å². The molecule has 0 atom stereocenters. The van der Waals surface area contributed by atoms with Gasteiger partial charge in [-0.15, -0.1) is 11.3 Å². The standard InChI is InChI=1S/C46H26OS/c1-2-15-30(28(13-1)36-21-10-22-37-29-14-7-8-23-39(29)47-46(36)37)43-31-16-3-5-18-33(31)44(34-19-6-4-17-32(34)43)38-26-27-12-9-24-40-42(27)45-35(38)20-11-25-41(45)48-40/h1-26H. The summed E-state index contributed by atoms with van der Waals surface area (Å²) in [5, 5.41) is 12.7. The molecule has 11 aromatic rings. The predicted octanol–water partition coefficient (Wildman–Crippen LogP) is 13.9. The lowest BCUT2D eigenvalue weighted by molar-refractivity contribution is 0.670. The van der Waals surface area contributed by atoms with Crippen LogP contribution in [0.5, 0.6) is 0 Å². The molecule has 0 amide bonds. The number of furan rings is 1. The molecule has 9 aromatic carbocycles. The van der Waals surface area contributed by atoms with E-state index in [2.05, 4.69) is 152 Å². The van der Waals surface area contributed by atoms with Gasteiger partial charge in [-0.3, -0.25) is 0 Å². The van der Waals surface area contributed by atoms with Crippen molar-refractivity contribution in [2.24, 2.45) is 0 Å². The highest BCUT2D eigenvalue weighted by atomic mass is 32.1. The first kappa shape index (κ1) is 26.1. The molecule has 0 radical (unpaired) electrons. The van der Waals surface area contributed by atoms with Crippen molar-refractivity contribution in [1.82, 2.24) is 0 Å². The molecule has 1 nitrogen and oxygen atoms in total. The molecule has 0 aliphatic heterocycles. The quantitative estimate of drug-likeness (QED) is 0.140. The first-order valence-corrected chi connectivity index (χ1v) is 17.3. The number of rotatable bonds is 3. The van der Waals surface area contributed by atoms with Gasteiger partial charge in [-0.25, -0.2) is 0 Å². The minimum absolute atomic E-state index is 0.915. The van der Waals surface area contributed by atoms with Crippen molar-refractivity contribution in [2.45, 2.75) is 0 Å². The molecule has 0 aliphatic rings. The number of thiophene rings is 1. The highest BCUT2D eigenvalue weighted by Crippen LogP contribution is 2.50. The van der Waals surface area contributed by atoms with E-state index in [9.17, 15) is 0 Å². The van der Waals surface area contributed by atoms with E-state index in [-0.39, 0.29) is 0 Å². The van der Waals surface area contributed by atoms with Crippen LogP contribution >= 0.6 is 11.3 Å². The highest BCUT2D eigenvalue weighted by Gasteiger charge is 2.23. The lowest BCUT2D eigenvalue weighted by Crippen LogP contribution is -1.93. The minimum Gasteiger partial charge on any atom is -0.455 e. The monoisotopic (exact) mass is 626 g/mol. The summed E-state index contributed by atoms with van der Waals surface area (Å²) in [6, 6.07) is 57.7. The predicted molar refractivity (Wildman–Crippen MR) is 207 cm³/mol. The van der Waals surface area contributed by atoms with Crippen molar-refractivity contribution in [3.8, 4) is 33.4 Å². The van der Waals surface area contributed by atoms with Crippen LogP contribution in [-0.4, -0.2) is 0 Å². The Morgan fingerprint density at radius 3 is 1.62 bits per heavy atom. The molecule has 11 rings (SSSR count). The van der Waals surface area contributed by atoms with Crippen molar-refractivity contribution in [2.75, 3.05) is 0 Å². The van der Waals surface area contributed by atoms with Crippen LogP contribution in [0.1, 0.15) is 0 Å². The lowest BCUT2D eigenvalue weighted by Gasteiger charge is -2.21. The Kier molecular flexibility index (Phi) is 5.32. The van der Waals surface area contributed by atoms with E-state index in [1.165, 1.54) is 80.3 Å². The zero-order valence-corrected chi connectivity index (χ0v) is 26.6. The first-order chi connectivity index (χ1) is 23.8. The molecule has 2 aromatic heterocycles. The molecule has 0 N–H and O–H groups in total. The van der Waals surface area contributed by atoms with E-state index in [4.69, 9.17) is 4.42 Å². The number of fused-ring (bicyclic) bond motifs is 5. The molecule has 0 spiro atoms. The molecule has 0 saturated carbocycles. The summed E-state index contributed by atoms with van der Waals surface area (Å²) in [7, 11) is 0. The van der Waals surface area contributed by atoms with Gasteiger partial charge in [0.1, 0.15) is 11.2 Å². The van der Waals surface area contributed by atoms with Crippen LogP contribution in [0.25, 0.3) is 108 Å². The molecule has 222 valence electrons. The third kappa shape index (κ3) is 3.50. The summed E-state index contributed by atoms with van der Waals surface area (Å²) in [5.74, 6) is 0.